The molecule has 0 amide bonds. The number of halogens is 1. The van der Waals surface area contributed by atoms with Crippen molar-refractivity contribution < 1.29 is 4.79 Å². The van der Waals surface area contributed by atoms with Crippen LogP contribution in [0.1, 0.15) is 42.5 Å². The highest BCUT2D eigenvalue weighted by atomic mass is 35.5. The van der Waals surface area contributed by atoms with Crippen LogP contribution in [0.3, 0.4) is 0 Å². The van der Waals surface area contributed by atoms with Gasteiger partial charge in [-0.1, -0.05) is 18.5 Å². The van der Waals surface area contributed by atoms with Gasteiger partial charge in [0.05, 0.1) is 15.3 Å². The summed E-state index contributed by atoms with van der Waals surface area (Å²) in [5.41, 5.74) is 1.67. The first kappa shape index (κ1) is 15.1. The van der Waals surface area contributed by atoms with Gasteiger partial charge >= 0.3 is 0 Å². The lowest BCUT2D eigenvalue weighted by Gasteiger charge is -2.13. The smallest absolute Gasteiger partial charge is 0.262 e. The third-order valence-corrected chi connectivity index (χ3v) is 6.65. The fraction of sp³-hybridized carbons (Fsp3) is 0.471. The van der Waals surface area contributed by atoms with E-state index in [1.807, 2.05) is 4.57 Å². The number of thiophene rings is 1. The van der Waals surface area contributed by atoms with Gasteiger partial charge in [-0.2, -0.15) is 0 Å². The molecule has 4 nitrogen and oxygen atoms in total. The molecule has 0 radical (unpaired) electrons. The van der Waals surface area contributed by atoms with Crippen LogP contribution in [-0.4, -0.2) is 15.8 Å². The summed E-state index contributed by atoms with van der Waals surface area (Å²) in [6.45, 7) is 2.97. The van der Waals surface area contributed by atoms with E-state index in [-0.39, 0.29) is 5.56 Å². The number of carbonyl (C=O) groups excluding carboxylic acids is 1. The molecule has 2 aromatic rings. The SMILES string of the molecule is CC1CCc2nc3sc4c(c3c(=O)n2CC1)CCC(C=O)=C4Cl. The Labute approximate surface area is 142 Å². The Morgan fingerprint density at radius 3 is 2.91 bits per heavy atom. The van der Waals surface area contributed by atoms with Crippen LogP contribution in [0, 0.1) is 5.92 Å². The second kappa shape index (κ2) is 5.56. The number of aldehydes is 1. The van der Waals surface area contributed by atoms with Gasteiger partial charge in [-0.05, 0) is 37.2 Å². The van der Waals surface area contributed by atoms with Crippen molar-refractivity contribution >= 4 is 44.5 Å². The zero-order valence-electron chi connectivity index (χ0n) is 12.9. The van der Waals surface area contributed by atoms with Crippen LogP contribution in [0.2, 0.25) is 0 Å². The van der Waals surface area contributed by atoms with E-state index in [0.29, 0.717) is 34.8 Å². The number of hydrogen-bond donors (Lipinski definition) is 0. The van der Waals surface area contributed by atoms with Crippen LogP contribution in [0.5, 0.6) is 0 Å². The van der Waals surface area contributed by atoms with Crippen molar-refractivity contribution in [1.82, 2.24) is 9.55 Å². The highest BCUT2D eigenvalue weighted by molar-refractivity contribution is 7.20. The van der Waals surface area contributed by atoms with Crippen LogP contribution in [0.4, 0.5) is 0 Å². The maximum absolute atomic E-state index is 13.0. The van der Waals surface area contributed by atoms with Crippen molar-refractivity contribution in [2.24, 2.45) is 5.92 Å². The molecule has 0 saturated heterocycles. The van der Waals surface area contributed by atoms with Crippen LogP contribution >= 0.6 is 22.9 Å². The molecule has 1 aliphatic heterocycles. The van der Waals surface area contributed by atoms with E-state index >= 15 is 0 Å². The molecule has 0 fully saturated rings. The van der Waals surface area contributed by atoms with E-state index in [0.717, 1.165) is 53.2 Å². The van der Waals surface area contributed by atoms with Gasteiger partial charge in [0.25, 0.3) is 5.56 Å². The van der Waals surface area contributed by atoms with Crippen LogP contribution in [0.25, 0.3) is 15.2 Å². The van der Waals surface area contributed by atoms with Gasteiger partial charge in [0.1, 0.15) is 16.9 Å². The number of nitrogens with zero attached hydrogens (tertiary/aromatic N) is 2. The van der Waals surface area contributed by atoms with Gasteiger partial charge in [-0.15, -0.1) is 11.3 Å². The molecule has 1 unspecified atom stereocenters. The van der Waals surface area contributed by atoms with Gasteiger partial charge in [0, 0.05) is 18.5 Å². The van der Waals surface area contributed by atoms with E-state index < -0.39 is 0 Å². The van der Waals surface area contributed by atoms with Gasteiger partial charge in [-0.25, -0.2) is 4.98 Å². The molecule has 4 rings (SSSR count). The largest absolute Gasteiger partial charge is 0.298 e. The second-order valence-electron chi connectivity index (χ2n) is 6.46. The second-order valence-corrected chi connectivity index (χ2v) is 7.84. The molecule has 1 aliphatic carbocycles. The first-order valence-electron chi connectivity index (χ1n) is 7.99. The Morgan fingerprint density at radius 1 is 1.30 bits per heavy atom. The quantitative estimate of drug-likeness (QED) is 0.741. The average molecular weight is 349 g/mol. The number of carbonyl (C=O) groups is 1. The summed E-state index contributed by atoms with van der Waals surface area (Å²) < 4.78 is 1.85. The van der Waals surface area contributed by atoms with Gasteiger partial charge in [-0.3, -0.25) is 14.2 Å². The minimum absolute atomic E-state index is 0.0654. The lowest BCUT2D eigenvalue weighted by Crippen LogP contribution is -2.24. The number of fused-ring (bicyclic) bond motifs is 4. The molecule has 0 saturated carbocycles. The molecule has 0 N–H and O–H groups in total. The van der Waals surface area contributed by atoms with Crippen molar-refractivity contribution in [3.63, 3.8) is 0 Å². The summed E-state index contributed by atoms with van der Waals surface area (Å²) in [4.78, 5) is 30.5. The van der Waals surface area contributed by atoms with E-state index in [9.17, 15) is 9.59 Å². The standard InChI is InChI=1S/C17H17ClN2O2S/c1-9-2-5-12-19-16-13(17(22)20(12)7-6-9)11-4-3-10(8-21)14(18)15(11)23-16/h8-9H,2-7H2,1H3. The van der Waals surface area contributed by atoms with Gasteiger partial charge < -0.3 is 0 Å². The summed E-state index contributed by atoms with van der Waals surface area (Å²) in [5, 5.41) is 1.21. The van der Waals surface area contributed by atoms with E-state index in [2.05, 4.69) is 6.92 Å². The van der Waals surface area contributed by atoms with Crippen molar-refractivity contribution in [1.29, 1.82) is 0 Å². The number of allylic oxidation sites excluding steroid dienone is 1. The zero-order chi connectivity index (χ0) is 16.1. The predicted octanol–water partition coefficient (Wildman–Crippen LogP) is 3.53. The number of hydrogen-bond acceptors (Lipinski definition) is 4. The summed E-state index contributed by atoms with van der Waals surface area (Å²) in [6, 6.07) is 0. The van der Waals surface area contributed by atoms with Crippen molar-refractivity contribution in [2.45, 2.75) is 45.6 Å². The fourth-order valence-electron chi connectivity index (χ4n) is 3.51. The Bertz CT molecular complexity index is 909. The van der Waals surface area contributed by atoms with Crippen LogP contribution in [-0.2, 0) is 24.2 Å². The minimum Gasteiger partial charge on any atom is -0.298 e. The molecule has 3 heterocycles. The Kier molecular flexibility index (Phi) is 3.65. The molecule has 6 heteroatoms. The van der Waals surface area contributed by atoms with E-state index in [4.69, 9.17) is 16.6 Å². The summed E-state index contributed by atoms with van der Waals surface area (Å²) in [5.74, 6) is 1.51. The first-order chi connectivity index (χ1) is 11.1. The third-order valence-electron chi connectivity index (χ3n) is 4.96. The monoisotopic (exact) mass is 348 g/mol. The van der Waals surface area contributed by atoms with Crippen LogP contribution in [0.15, 0.2) is 10.4 Å². The molecule has 2 aliphatic rings. The molecule has 120 valence electrons. The van der Waals surface area contributed by atoms with E-state index in [1.54, 1.807) is 0 Å². The Balaban J connectivity index is 1.98. The van der Waals surface area contributed by atoms with E-state index in [1.165, 1.54) is 11.3 Å². The molecule has 2 aromatic heterocycles. The lowest BCUT2D eigenvalue weighted by molar-refractivity contribution is -0.105. The molecule has 0 aromatic carbocycles. The third kappa shape index (κ3) is 2.29. The maximum atomic E-state index is 13.0. The number of aromatic nitrogens is 2. The maximum Gasteiger partial charge on any atom is 0.262 e. The van der Waals surface area contributed by atoms with Crippen molar-refractivity contribution in [3.05, 3.63) is 32.2 Å². The van der Waals surface area contributed by atoms with Crippen LogP contribution < -0.4 is 5.56 Å². The molecular weight excluding hydrogens is 332 g/mol. The summed E-state index contributed by atoms with van der Waals surface area (Å²) in [7, 11) is 0. The predicted molar refractivity (Wildman–Crippen MR) is 93.1 cm³/mol. The summed E-state index contributed by atoms with van der Waals surface area (Å²) >= 11 is 7.81. The van der Waals surface area contributed by atoms with Gasteiger partial charge in [0.2, 0.25) is 0 Å². The molecule has 0 spiro atoms. The first-order valence-corrected chi connectivity index (χ1v) is 9.19. The molecule has 0 bridgehead atoms. The Hall–Kier alpha value is -1.46. The topological polar surface area (TPSA) is 52.0 Å². The molecule has 1 atom stereocenters. The zero-order valence-corrected chi connectivity index (χ0v) is 14.5. The summed E-state index contributed by atoms with van der Waals surface area (Å²) in [6.07, 6.45) is 5.04. The highest BCUT2D eigenvalue weighted by Crippen LogP contribution is 2.41. The molecule has 23 heavy (non-hydrogen) atoms. The Morgan fingerprint density at radius 2 is 2.13 bits per heavy atom. The number of rotatable bonds is 1. The highest BCUT2D eigenvalue weighted by Gasteiger charge is 2.26. The fourth-order valence-corrected chi connectivity index (χ4v) is 5.09. The van der Waals surface area contributed by atoms with Gasteiger partial charge in [0.15, 0.2) is 0 Å². The van der Waals surface area contributed by atoms with Crippen molar-refractivity contribution in [3.8, 4) is 0 Å². The normalized spacial score (nSPS) is 21.0. The number of aryl methyl sites for hydroxylation is 2. The minimum atomic E-state index is 0.0654. The average Bonchev–Trinajstić information content (AvgIpc) is 2.81. The van der Waals surface area contributed by atoms with Crippen molar-refractivity contribution in [2.75, 3.05) is 0 Å². The lowest BCUT2D eigenvalue weighted by atomic mass is 9.97. The molecular formula is C17H17ClN2O2S.